The van der Waals surface area contributed by atoms with Crippen molar-refractivity contribution in [3.8, 4) is 0 Å². The Morgan fingerprint density at radius 2 is 1.35 bits per heavy atom. The minimum absolute atomic E-state index is 0.550. The number of benzene rings is 2. The van der Waals surface area contributed by atoms with E-state index in [1.807, 2.05) is 23.5 Å². The molecule has 98 valence electrons. The Labute approximate surface area is 138 Å². The van der Waals surface area contributed by atoms with Crippen LogP contribution in [0.3, 0.4) is 0 Å². The first-order valence-corrected chi connectivity index (χ1v) is 10.1. The minimum Gasteiger partial charge on any atom is -0.105 e. The zero-order valence-corrected chi connectivity index (χ0v) is 14.2. The van der Waals surface area contributed by atoms with Crippen LogP contribution in [0.15, 0.2) is 44.8 Å². The molecule has 0 amide bonds. The molecule has 0 saturated heterocycles. The Hall–Kier alpha value is -0.330. The fourth-order valence-electron chi connectivity index (χ4n) is 3.08. The first-order chi connectivity index (χ1) is 9.81. The molecule has 2 atom stereocenters. The van der Waals surface area contributed by atoms with Crippen molar-refractivity contribution < 1.29 is 0 Å². The van der Waals surface area contributed by atoms with Crippen LogP contribution < -0.4 is 0 Å². The van der Waals surface area contributed by atoms with Crippen LogP contribution >= 0.6 is 58.4 Å². The summed E-state index contributed by atoms with van der Waals surface area (Å²) in [7, 11) is 0. The molecule has 1 aliphatic carbocycles. The van der Waals surface area contributed by atoms with Crippen molar-refractivity contribution in [2.24, 2.45) is 0 Å². The summed E-state index contributed by atoms with van der Waals surface area (Å²) in [4.78, 5) is 0. The van der Waals surface area contributed by atoms with E-state index in [0.29, 0.717) is 10.5 Å². The van der Waals surface area contributed by atoms with E-state index in [9.17, 15) is 0 Å². The predicted molar refractivity (Wildman–Crippen MR) is 94.2 cm³/mol. The molecular formula is C15H8S5. The van der Waals surface area contributed by atoms with Crippen LogP contribution in [-0.4, -0.2) is 0 Å². The molecule has 0 fully saturated rings. The highest BCUT2D eigenvalue weighted by atomic mass is 32.2. The maximum atomic E-state index is 5.36. The quantitative estimate of drug-likeness (QED) is 0.416. The van der Waals surface area contributed by atoms with Gasteiger partial charge in [0.1, 0.15) is 3.14 Å². The summed E-state index contributed by atoms with van der Waals surface area (Å²) in [5.41, 5.74) is 3.02. The van der Waals surface area contributed by atoms with E-state index < -0.39 is 0 Å². The normalized spacial score (nSPS) is 22.8. The fourth-order valence-corrected chi connectivity index (χ4v) is 10.1. The van der Waals surface area contributed by atoms with Crippen molar-refractivity contribution in [1.29, 1.82) is 0 Å². The molecule has 2 aromatic carbocycles. The zero-order chi connectivity index (χ0) is 13.3. The molecule has 0 N–H and O–H groups in total. The van der Waals surface area contributed by atoms with Crippen LogP contribution in [0, 0.1) is 3.14 Å². The number of rotatable bonds is 0. The van der Waals surface area contributed by atoms with Gasteiger partial charge in [-0.3, -0.25) is 0 Å². The molecule has 0 bridgehead atoms. The molecule has 2 heterocycles. The second kappa shape index (κ2) is 4.34. The lowest BCUT2D eigenvalue weighted by Crippen LogP contribution is -2.01. The highest BCUT2D eigenvalue weighted by Crippen LogP contribution is 2.66. The summed E-state index contributed by atoms with van der Waals surface area (Å²) >= 11 is 13.0. The second-order valence-corrected chi connectivity index (χ2v) is 10.9. The number of hydrogen-bond acceptors (Lipinski definition) is 5. The molecule has 1 aromatic heterocycles. The topological polar surface area (TPSA) is 0 Å². The van der Waals surface area contributed by atoms with Gasteiger partial charge in [-0.25, -0.2) is 0 Å². The van der Waals surface area contributed by atoms with Crippen molar-refractivity contribution in [3.63, 3.8) is 0 Å². The van der Waals surface area contributed by atoms with E-state index >= 15 is 0 Å². The van der Waals surface area contributed by atoms with Crippen molar-refractivity contribution >= 4 is 69.2 Å². The van der Waals surface area contributed by atoms with Gasteiger partial charge in [0.25, 0.3) is 0 Å². The fraction of sp³-hybridized carbons (Fsp3) is 0.133. The highest BCUT2D eigenvalue weighted by Gasteiger charge is 2.40. The summed E-state index contributed by atoms with van der Waals surface area (Å²) in [6.45, 7) is 0. The molecule has 0 radical (unpaired) electrons. The molecule has 20 heavy (non-hydrogen) atoms. The average molecular weight is 349 g/mol. The number of fused-ring (bicyclic) bond motifs is 4. The Morgan fingerprint density at radius 1 is 0.800 bits per heavy atom. The van der Waals surface area contributed by atoms with Gasteiger partial charge in [0.05, 0.1) is 18.9 Å². The summed E-state index contributed by atoms with van der Waals surface area (Å²) in [6, 6.07) is 13.5. The third-order valence-electron chi connectivity index (χ3n) is 3.84. The Morgan fingerprint density at radius 3 is 1.90 bits per heavy atom. The van der Waals surface area contributed by atoms with E-state index in [4.69, 9.17) is 12.2 Å². The van der Waals surface area contributed by atoms with Gasteiger partial charge >= 0.3 is 0 Å². The van der Waals surface area contributed by atoms with Crippen LogP contribution in [0.1, 0.15) is 21.6 Å². The maximum Gasteiger partial charge on any atom is 0.145 e. The van der Waals surface area contributed by atoms with Gasteiger partial charge in [0, 0.05) is 0 Å². The summed E-state index contributed by atoms with van der Waals surface area (Å²) < 4.78 is 3.91. The van der Waals surface area contributed by atoms with Gasteiger partial charge in [0.2, 0.25) is 0 Å². The summed E-state index contributed by atoms with van der Waals surface area (Å²) in [5, 5.41) is 3.97. The van der Waals surface area contributed by atoms with Crippen molar-refractivity contribution in [2.75, 3.05) is 0 Å². The van der Waals surface area contributed by atoms with E-state index in [1.54, 1.807) is 22.7 Å². The lowest BCUT2D eigenvalue weighted by atomic mass is 10.1. The lowest BCUT2D eigenvalue weighted by Gasteiger charge is -2.25. The largest absolute Gasteiger partial charge is 0.145 e. The first kappa shape index (κ1) is 12.2. The van der Waals surface area contributed by atoms with Crippen LogP contribution in [0.25, 0.3) is 10.8 Å². The molecule has 0 nitrogen and oxygen atoms in total. The van der Waals surface area contributed by atoms with Crippen LogP contribution in [-0.2, 0) is 0 Å². The van der Waals surface area contributed by atoms with E-state index in [2.05, 4.69) is 36.4 Å². The Bertz CT molecular complexity index is 837. The molecule has 2 aliphatic rings. The van der Waals surface area contributed by atoms with Gasteiger partial charge in [-0.15, -0.1) is 46.2 Å². The second-order valence-electron chi connectivity index (χ2n) is 4.90. The predicted octanol–water partition coefficient (Wildman–Crippen LogP) is 6.69. The van der Waals surface area contributed by atoms with Crippen LogP contribution in [0.4, 0.5) is 0 Å². The third kappa shape index (κ3) is 1.58. The standard InChI is InChI=1S/C15H8S5/c16-15-19-13-14(20-15)18-12-9-6-2-4-7-3-1-5-8(10(7)9)11(12)17-13/h1-6,11-12H/t11-,12-/m1/s1. The lowest BCUT2D eigenvalue weighted by molar-refractivity contribution is 0.951. The average Bonchev–Trinajstić information content (AvgIpc) is 2.97. The van der Waals surface area contributed by atoms with Crippen LogP contribution in [0.2, 0.25) is 0 Å². The Balaban J connectivity index is 1.78. The summed E-state index contributed by atoms with van der Waals surface area (Å²) in [5.74, 6) is 0. The first-order valence-electron chi connectivity index (χ1n) is 6.30. The smallest absolute Gasteiger partial charge is 0.105 e. The molecule has 1 aliphatic heterocycles. The van der Waals surface area contributed by atoms with Crippen molar-refractivity contribution in [1.82, 2.24) is 0 Å². The van der Waals surface area contributed by atoms with E-state index in [-0.39, 0.29) is 0 Å². The van der Waals surface area contributed by atoms with E-state index in [0.717, 1.165) is 3.14 Å². The number of hydrogen-bond donors (Lipinski definition) is 0. The van der Waals surface area contributed by atoms with Gasteiger partial charge in [-0.2, -0.15) is 0 Å². The van der Waals surface area contributed by atoms with Crippen molar-refractivity contribution in [2.45, 2.75) is 18.9 Å². The van der Waals surface area contributed by atoms with Crippen LogP contribution in [0.5, 0.6) is 0 Å². The van der Waals surface area contributed by atoms with Gasteiger partial charge in [-0.1, -0.05) is 48.6 Å². The molecule has 0 spiro atoms. The molecule has 5 rings (SSSR count). The third-order valence-corrected chi connectivity index (χ3v) is 10.1. The number of thioether (sulfide) groups is 2. The molecule has 0 saturated carbocycles. The monoisotopic (exact) mass is 348 g/mol. The molecular weight excluding hydrogens is 341 g/mol. The van der Waals surface area contributed by atoms with Gasteiger partial charge in [-0.05, 0) is 21.9 Å². The zero-order valence-electron chi connectivity index (χ0n) is 10.2. The van der Waals surface area contributed by atoms with E-state index in [1.165, 1.54) is 30.3 Å². The molecule has 5 heteroatoms. The molecule has 3 aromatic rings. The van der Waals surface area contributed by atoms with Gasteiger partial charge < -0.3 is 0 Å². The van der Waals surface area contributed by atoms with Crippen molar-refractivity contribution in [3.05, 3.63) is 50.7 Å². The highest BCUT2D eigenvalue weighted by molar-refractivity contribution is 8.08. The SMILES string of the molecule is S=c1sc2c(s1)S[C@@H]1c3cccc4cccc(c34)[C@H]1S2. The molecule has 0 unspecified atom stereocenters. The minimum atomic E-state index is 0.550. The Kier molecular flexibility index (Phi) is 2.65. The van der Waals surface area contributed by atoms with Gasteiger partial charge in [0.15, 0.2) is 0 Å². The summed E-state index contributed by atoms with van der Waals surface area (Å²) in [6.07, 6.45) is 0. The maximum absolute atomic E-state index is 5.36.